The third-order valence-electron chi connectivity index (χ3n) is 2.45. The average molecular weight is 308 g/mol. The van der Waals surface area contributed by atoms with Crippen LogP contribution in [0.1, 0.15) is 15.4 Å². The fourth-order valence-electron chi connectivity index (χ4n) is 1.53. The van der Waals surface area contributed by atoms with E-state index in [1.165, 1.54) is 30.6 Å². The molecule has 2 aromatic rings. The molecular weight excluding hydrogens is 296 g/mol. The molecule has 8 nitrogen and oxygen atoms in total. The predicted molar refractivity (Wildman–Crippen MR) is 77.2 cm³/mol. The first kappa shape index (κ1) is 14.7. The molecule has 0 saturated heterocycles. The standard InChI is InChI=1S/C12H12N4O4S/c1-6-15-16-12(21-6)14-11(19)13-9-4-3-7(20-2)5-8(9)10(17)18/h3-5H,1-2H3,(H,17,18)(H2,13,14,16,19). The Kier molecular flexibility index (Phi) is 4.33. The first-order chi connectivity index (χ1) is 9.99. The van der Waals surface area contributed by atoms with Crippen LogP contribution in [-0.4, -0.2) is 34.4 Å². The van der Waals surface area contributed by atoms with E-state index in [0.29, 0.717) is 15.9 Å². The molecule has 0 fully saturated rings. The Morgan fingerprint density at radius 3 is 2.62 bits per heavy atom. The number of nitrogens with zero attached hydrogens (tertiary/aromatic N) is 2. The number of aromatic carboxylic acids is 1. The van der Waals surface area contributed by atoms with E-state index in [2.05, 4.69) is 20.8 Å². The molecule has 1 aromatic carbocycles. The van der Waals surface area contributed by atoms with Crippen molar-refractivity contribution in [3.05, 3.63) is 28.8 Å². The number of ether oxygens (including phenoxy) is 1. The Bertz CT molecular complexity index is 686. The molecule has 2 amide bonds. The summed E-state index contributed by atoms with van der Waals surface area (Å²) >= 11 is 1.21. The lowest BCUT2D eigenvalue weighted by molar-refractivity contribution is 0.0697. The molecule has 0 radical (unpaired) electrons. The van der Waals surface area contributed by atoms with Crippen LogP contribution in [0.5, 0.6) is 5.75 Å². The van der Waals surface area contributed by atoms with E-state index >= 15 is 0 Å². The van der Waals surface area contributed by atoms with E-state index in [-0.39, 0.29) is 11.3 Å². The van der Waals surface area contributed by atoms with Crippen LogP contribution >= 0.6 is 11.3 Å². The zero-order chi connectivity index (χ0) is 15.4. The lowest BCUT2D eigenvalue weighted by Crippen LogP contribution is -2.21. The smallest absolute Gasteiger partial charge is 0.337 e. The molecule has 110 valence electrons. The molecule has 2 rings (SSSR count). The van der Waals surface area contributed by atoms with Crippen LogP contribution in [0.25, 0.3) is 0 Å². The number of carbonyl (C=O) groups is 2. The van der Waals surface area contributed by atoms with Crippen LogP contribution in [0, 0.1) is 6.92 Å². The van der Waals surface area contributed by atoms with E-state index in [1.54, 1.807) is 13.0 Å². The number of benzene rings is 1. The minimum Gasteiger partial charge on any atom is -0.497 e. The van der Waals surface area contributed by atoms with Crippen LogP contribution < -0.4 is 15.4 Å². The van der Waals surface area contributed by atoms with E-state index in [0.717, 1.165) is 0 Å². The first-order valence-corrected chi connectivity index (χ1v) is 6.60. The van der Waals surface area contributed by atoms with Crippen molar-refractivity contribution in [2.24, 2.45) is 0 Å². The number of anilines is 2. The molecule has 0 aliphatic carbocycles. The molecule has 0 spiro atoms. The lowest BCUT2D eigenvalue weighted by Gasteiger charge is -2.09. The number of aromatic nitrogens is 2. The Hall–Kier alpha value is -2.68. The number of urea groups is 1. The molecule has 0 aliphatic rings. The Morgan fingerprint density at radius 1 is 1.29 bits per heavy atom. The number of carboxylic acid groups (broad SMARTS) is 1. The minimum atomic E-state index is -1.17. The lowest BCUT2D eigenvalue weighted by atomic mass is 10.1. The highest BCUT2D eigenvalue weighted by atomic mass is 32.1. The first-order valence-electron chi connectivity index (χ1n) is 5.79. The zero-order valence-corrected chi connectivity index (χ0v) is 12.0. The second-order valence-corrected chi connectivity index (χ2v) is 5.10. The van der Waals surface area contributed by atoms with Gasteiger partial charge in [0.05, 0.1) is 18.4 Å². The maximum Gasteiger partial charge on any atom is 0.337 e. The average Bonchev–Trinajstić information content (AvgIpc) is 2.84. The maximum atomic E-state index is 11.8. The summed E-state index contributed by atoms with van der Waals surface area (Å²) in [7, 11) is 1.43. The number of amides is 2. The van der Waals surface area contributed by atoms with Crippen molar-refractivity contribution in [2.45, 2.75) is 6.92 Å². The van der Waals surface area contributed by atoms with Gasteiger partial charge in [0.2, 0.25) is 5.13 Å². The van der Waals surface area contributed by atoms with Crippen molar-refractivity contribution in [1.82, 2.24) is 10.2 Å². The van der Waals surface area contributed by atoms with E-state index in [1.807, 2.05) is 0 Å². The van der Waals surface area contributed by atoms with Crippen LogP contribution in [-0.2, 0) is 0 Å². The van der Waals surface area contributed by atoms with E-state index in [9.17, 15) is 9.59 Å². The number of rotatable bonds is 4. The third-order valence-corrected chi connectivity index (χ3v) is 3.21. The molecule has 1 aromatic heterocycles. The van der Waals surface area contributed by atoms with Gasteiger partial charge in [0.25, 0.3) is 0 Å². The summed E-state index contributed by atoms with van der Waals surface area (Å²) in [6.45, 7) is 1.76. The zero-order valence-electron chi connectivity index (χ0n) is 11.2. The van der Waals surface area contributed by atoms with Gasteiger partial charge in [-0.3, -0.25) is 5.32 Å². The van der Waals surface area contributed by atoms with Crippen molar-refractivity contribution < 1.29 is 19.4 Å². The third kappa shape index (κ3) is 3.66. The van der Waals surface area contributed by atoms with Gasteiger partial charge >= 0.3 is 12.0 Å². The number of carboxylic acids is 1. The second kappa shape index (κ2) is 6.18. The summed E-state index contributed by atoms with van der Waals surface area (Å²) in [4.78, 5) is 23.0. The number of aryl methyl sites for hydroxylation is 1. The monoisotopic (exact) mass is 308 g/mol. The molecular formula is C12H12N4O4S. The summed E-state index contributed by atoms with van der Waals surface area (Å²) in [5, 5.41) is 22.6. The van der Waals surface area contributed by atoms with Gasteiger partial charge in [0.1, 0.15) is 10.8 Å². The molecule has 0 unspecified atom stereocenters. The summed E-state index contributed by atoms with van der Waals surface area (Å²) in [5.41, 5.74) is 0.0833. The topological polar surface area (TPSA) is 113 Å². The molecule has 0 saturated carbocycles. The maximum absolute atomic E-state index is 11.8. The number of hydrogen-bond acceptors (Lipinski definition) is 6. The minimum absolute atomic E-state index is 0.0713. The fourth-order valence-corrected chi connectivity index (χ4v) is 2.12. The van der Waals surface area contributed by atoms with Gasteiger partial charge in [-0.2, -0.15) is 0 Å². The Labute approximate surface area is 123 Å². The van der Waals surface area contributed by atoms with Crippen LogP contribution in [0.3, 0.4) is 0 Å². The van der Waals surface area contributed by atoms with Crippen molar-refractivity contribution in [3.8, 4) is 5.75 Å². The highest BCUT2D eigenvalue weighted by Crippen LogP contribution is 2.22. The normalized spacial score (nSPS) is 10.0. The van der Waals surface area contributed by atoms with Gasteiger partial charge in [-0.05, 0) is 25.1 Å². The van der Waals surface area contributed by atoms with Gasteiger partial charge < -0.3 is 15.2 Å². The molecule has 0 atom stereocenters. The molecule has 0 aliphatic heterocycles. The Morgan fingerprint density at radius 2 is 2.05 bits per heavy atom. The van der Waals surface area contributed by atoms with Crippen molar-refractivity contribution in [1.29, 1.82) is 0 Å². The predicted octanol–water partition coefficient (Wildman–Crippen LogP) is 2.20. The molecule has 21 heavy (non-hydrogen) atoms. The van der Waals surface area contributed by atoms with Gasteiger partial charge in [-0.1, -0.05) is 11.3 Å². The van der Waals surface area contributed by atoms with E-state index in [4.69, 9.17) is 9.84 Å². The second-order valence-electron chi connectivity index (χ2n) is 3.92. The SMILES string of the molecule is COc1ccc(NC(=O)Nc2nnc(C)s2)c(C(=O)O)c1. The van der Waals surface area contributed by atoms with Crippen LogP contribution in [0.2, 0.25) is 0 Å². The molecule has 0 bridgehead atoms. The summed E-state index contributed by atoms with van der Waals surface area (Å²) in [6, 6.07) is 3.73. The van der Waals surface area contributed by atoms with Crippen molar-refractivity contribution in [2.75, 3.05) is 17.7 Å². The van der Waals surface area contributed by atoms with Crippen LogP contribution in [0.4, 0.5) is 15.6 Å². The van der Waals surface area contributed by atoms with Gasteiger partial charge in [-0.15, -0.1) is 10.2 Å². The summed E-state index contributed by atoms with van der Waals surface area (Å²) in [6.07, 6.45) is 0. The number of hydrogen-bond donors (Lipinski definition) is 3. The molecule has 3 N–H and O–H groups in total. The largest absolute Gasteiger partial charge is 0.497 e. The number of nitrogens with one attached hydrogen (secondary N) is 2. The van der Waals surface area contributed by atoms with Gasteiger partial charge in [-0.25, -0.2) is 9.59 Å². The quantitative estimate of drug-likeness (QED) is 0.798. The van der Waals surface area contributed by atoms with Crippen molar-refractivity contribution >= 4 is 34.2 Å². The highest BCUT2D eigenvalue weighted by molar-refractivity contribution is 7.15. The summed E-state index contributed by atoms with van der Waals surface area (Å²) in [5.74, 6) is -0.783. The van der Waals surface area contributed by atoms with Gasteiger partial charge in [0.15, 0.2) is 0 Å². The highest BCUT2D eigenvalue weighted by Gasteiger charge is 2.14. The molecule has 1 heterocycles. The fraction of sp³-hybridized carbons (Fsp3) is 0.167. The van der Waals surface area contributed by atoms with Crippen LogP contribution in [0.15, 0.2) is 18.2 Å². The summed E-state index contributed by atoms with van der Waals surface area (Å²) < 4.78 is 4.96. The van der Waals surface area contributed by atoms with Gasteiger partial charge in [0, 0.05) is 0 Å². The number of carbonyl (C=O) groups excluding carboxylic acids is 1. The molecule has 9 heteroatoms. The van der Waals surface area contributed by atoms with Crippen molar-refractivity contribution in [3.63, 3.8) is 0 Å². The number of methoxy groups -OCH3 is 1. The Balaban J connectivity index is 2.14. The van der Waals surface area contributed by atoms with E-state index < -0.39 is 12.0 Å².